The summed E-state index contributed by atoms with van der Waals surface area (Å²) in [4.78, 5) is 35.6. The van der Waals surface area contributed by atoms with E-state index in [-0.39, 0.29) is 25.1 Å². The first-order valence-corrected chi connectivity index (χ1v) is 9.57. The first-order chi connectivity index (χ1) is 14.0. The summed E-state index contributed by atoms with van der Waals surface area (Å²) in [6.07, 6.45) is 2.24. The number of esters is 1. The molecule has 0 unspecified atom stereocenters. The summed E-state index contributed by atoms with van der Waals surface area (Å²) >= 11 is 0. The van der Waals surface area contributed by atoms with Crippen molar-refractivity contribution in [1.29, 1.82) is 0 Å². The van der Waals surface area contributed by atoms with E-state index in [0.717, 1.165) is 12.8 Å². The number of benzene rings is 2. The molecule has 29 heavy (non-hydrogen) atoms. The van der Waals surface area contributed by atoms with Crippen molar-refractivity contribution in [3.05, 3.63) is 60.2 Å². The Balaban J connectivity index is 1.38. The van der Waals surface area contributed by atoms with Gasteiger partial charge in [0.15, 0.2) is 6.61 Å². The molecule has 2 aromatic rings. The molecular formula is C22H24N2O5. The predicted molar refractivity (Wildman–Crippen MR) is 107 cm³/mol. The SMILES string of the molecule is C[C@H](NC(=O)COC(=O)CNC(=O)c1ccc(Oc2ccccc2)cc1)C1CC1. The molecular weight excluding hydrogens is 372 g/mol. The van der Waals surface area contributed by atoms with Crippen molar-refractivity contribution in [2.75, 3.05) is 13.2 Å². The minimum absolute atomic E-state index is 0.0924. The van der Waals surface area contributed by atoms with Crippen molar-refractivity contribution in [2.24, 2.45) is 5.92 Å². The van der Waals surface area contributed by atoms with Crippen LogP contribution in [0.1, 0.15) is 30.1 Å². The maximum atomic E-state index is 12.1. The standard InChI is InChI=1S/C22H24N2O5/c1-15(16-7-8-16)24-20(25)14-28-21(26)13-23-22(27)17-9-11-19(12-10-17)29-18-5-3-2-4-6-18/h2-6,9-12,15-16H,7-8,13-14H2,1H3,(H,23,27)(H,24,25)/t15-/m0/s1. The molecule has 2 amide bonds. The Morgan fingerprint density at radius 1 is 1.00 bits per heavy atom. The van der Waals surface area contributed by atoms with Gasteiger partial charge in [0.05, 0.1) is 0 Å². The monoisotopic (exact) mass is 396 g/mol. The van der Waals surface area contributed by atoms with Crippen molar-refractivity contribution in [3.8, 4) is 11.5 Å². The second kappa shape index (κ2) is 9.73. The van der Waals surface area contributed by atoms with Crippen LogP contribution in [-0.4, -0.2) is 37.0 Å². The Hall–Kier alpha value is -3.35. The normalized spacial score (nSPS) is 13.8. The maximum Gasteiger partial charge on any atom is 0.325 e. The van der Waals surface area contributed by atoms with Gasteiger partial charge < -0.3 is 20.1 Å². The van der Waals surface area contributed by atoms with Crippen LogP contribution in [0.25, 0.3) is 0 Å². The van der Waals surface area contributed by atoms with Crippen LogP contribution in [0, 0.1) is 5.92 Å². The second-order valence-electron chi connectivity index (χ2n) is 6.98. The van der Waals surface area contributed by atoms with E-state index >= 15 is 0 Å². The highest BCUT2D eigenvalue weighted by atomic mass is 16.5. The number of carbonyl (C=O) groups is 3. The topological polar surface area (TPSA) is 93.7 Å². The summed E-state index contributed by atoms with van der Waals surface area (Å²) in [5.74, 6) is 0.398. The average Bonchev–Trinajstić information content (AvgIpc) is 3.57. The smallest absolute Gasteiger partial charge is 0.325 e. The Morgan fingerprint density at radius 3 is 2.31 bits per heavy atom. The number of nitrogens with one attached hydrogen (secondary N) is 2. The highest BCUT2D eigenvalue weighted by Gasteiger charge is 2.28. The van der Waals surface area contributed by atoms with E-state index in [0.29, 0.717) is 23.0 Å². The highest BCUT2D eigenvalue weighted by molar-refractivity contribution is 5.96. The van der Waals surface area contributed by atoms with Crippen LogP contribution < -0.4 is 15.4 Å². The Morgan fingerprint density at radius 2 is 1.66 bits per heavy atom. The number of ether oxygens (including phenoxy) is 2. The fourth-order valence-corrected chi connectivity index (χ4v) is 2.76. The van der Waals surface area contributed by atoms with Gasteiger partial charge in [-0.05, 0) is 62.1 Å². The van der Waals surface area contributed by atoms with Gasteiger partial charge >= 0.3 is 5.97 Å². The number of rotatable bonds is 9. The third-order valence-electron chi connectivity index (χ3n) is 4.57. The quantitative estimate of drug-likeness (QED) is 0.636. The highest BCUT2D eigenvalue weighted by Crippen LogP contribution is 2.32. The molecule has 3 rings (SSSR count). The molecule has 1 atom stereocenters. The molecule has 152 valence electrons. The van der Waals surface area contributed by atoms with Gasteiger partial charge in [-0.1, -0.05) is 18.2 Å². The van der Waals surface area contributed by atoms with E-state index in [9.17, 15) is 14.4 Å². The number of para-hydroxylation sites is 1. The lowest BCUT2D eigenvalue weighted by molar-refractivity contribution is -0.147. The van der Waals surface area contributed by atoms with E-state index in [2.05, 4.69) is 10.6 Å². The zero-order chi connectivity index (χ0) is 20.6. The fraction of sp³-hybridized carbons (Fsp3) is 0.318. The van der Waals surface area contributed by atoms with Crippen molar-refractivity contribution in [1.82, 2.24) is 10.6 Å². The summed E-state index contributed by atoms with van der Waals surface area (Å²) in [5, 5.41) is 5.27. The summed E-state index contributed by atoms with van der Waals surface area (Å²) < 4.78 is 10.6. The summed E-state index contributed by atoms with van der Waals surface area (Å²) in [5.41, 5.74) is 0.384. The van der Waals surface area contributed by atoms with Crippen LogP contribution in [0.5, 0.6) is 11.5 Å². The molecule has 0 spiro atoms. The summed E-state index contributed by atoms with van der Waals surface area (Å²) in [6, 6.07) is 15.9. The molecule has 0 saturated heterocycles. The molecule has 2 N–H and O–H groups in total. The van der Waals surface area contributed by atoms with Crippen molar-refractivity contribution in [2.45, 2.75) is 25.8 Å². The Kier molecular flexibility index (Phi) is 6.84. The van der Waals surface area contributed by atoms with E-state index in [1.807, 2.05) is 37.3 Å². The van der Waals surface area contributed by atoms with Crippen molar-refractivity contribution in [3.63, 3.8) is 0 Å². The van der Waals surface area contributed by atoms with E-state index in [4.69, 9.17) is 9.47 Å². The van der Waals surface area contributed by atoms with Gasteiger partial charge in [-0.2, -0.15) is 0 Å². The molecule has 0 heterocycles. The number of hydrogen-bond donors (Lipinski definition) is 2. The van der Waals surface area contributed by atoms with Crippen molar-refractivity contribution >= 4 is 17.8 Å². The lowest BCUT2D eigenvalue weighted by Crippen LogP contribution is -2.38. The zero-order valence-electron chi connectivity index (χ0n) is 16.2. The molecule has 1 aliphatic carbocycles. The van der Waals surface area contributed by atoms with Gasteiger partial charge in [0.2, 0.25) is 0 Å². The van der Waals surface area contributed by atoms with Gasteiger partial charge in [0.25, 0.3) is 11.8 Å². The molecule has 2 aromatic carbocycles. The first kappa shape index (κ1) is 20.4. The van der Waals surface area contributed by atoms with E-state index in [1.54, 1.807) is 24.3 Å². The Labute approximate surface area is 169 Å². The van der Waals surface area contributed by atoms with Gasteiger partial charge in [-0.25, -0.2) is 0 Å². The molecule has 0 bridgehead atoms. The molecule has 1 aliphatic rings. The van der Waals surface area contributed by atoms with Crippen molar-refractivity contribution < 1.29 is 23.9 Å². The van der Waals surface area contributed by atoms with Gasteiger partial charge in [-0.15, -0.1) is 0 Å². The second-order valence-corrected chi connectivity index (χ2v) is 6.98. The van der Waals surface area contributed by atoms with E-state index < -0.39 is 11.9 Å². The zero-order valence-corrected chi connectivity index (χ0v) is 16.2. The van der Waals surface area contributed by atoms with E-state index in [1.165, 1.54) is 0 Å². The Bertz CT molecular complexity index is 847. The van der Waals surface area contributed by atoms with Gasteiger partial charge in [0.1, 0.15) is 18.0 Å². The number of hydrogen-bond acceptors (Lipinski definition) is 5. The minimum atomic E-state index is -0.670. The van der Waals surface area contributed by atoms with Crippen LogP contribution >= 0.6 is 0 Å². The van der Waals surface area contributed by atoms with Gasteiger partial charge in [0, 0.05) is 11.6 Å². The van der Waals surface area contributed by atoms with Crippen LogP contribution in [0.15, 0.2) is 54.6 Å². The molecule has 0 radical (unpaired) electrons. The third-order valence-corrected chi connectivity index (χ3v) is 4.57. The summed E-state index contributed by atoms with van der Waals surface area (Å²) in [7, 11) is 0. The predicted octanol–water partition coefficient (Wildman–Crippen LogP) is 2.67. The number of carbonyl (C=O) groups excluding carboxylic acids is 3. The van der Waals surface area contributed by atoms with Crippen LogP contribution in [0.4, 0.5) is 0 Å². The molecule has 0 aromatic heterocycles. The average molecular weight is 396 g/mol. The van der Waals surface area contributed by atoms with Crippen LogP contribution in [0.2, 0.25) is 0 Å². The first-order valence-electron chi connectivity index (χ1n) is 9.57. The fourth-order valence-electron chi connectivity index (χ4n) is 2.76. The maximum absolute atomic E-state index is 12.1. The van der Waals surface area contributed by atoms with Crippen LogP contribution in [0.3, 0.4) is 0 Å². The minimum Gasteiger partial charge on any atom is -0.457 e. The lowest BCUT2D eigenvalue weighted by Gasteiger charge is -2.12. The molecule has 1 fully saturated rings. The molecule has 7 nitrogen and oxygen atoms in total. The molecule has 0 aliphatic heterocycles. The number of amides is 2. The molecule has 1 saturated carbocycles. The third kappa shape index (κ3) is 6.64. The lowest BCUT2D eigenvalue weighted by atomic mass is 10.2. The summed E-state index contributed by atoms with van der Waals surface area (Å²) in [6.45, 7) is 1.28. The van der Waals surface area contributed by atoms with Gasteiger partial charge in [-0.3, -0.25) is 14.4 Å². The van der Waals surface area contributed by atoms with Crippen LogP contribution in [-0.2, 0) is 14.3 Å². The largest absolute Gasteiger partial charge is 0.457 e. The molecule has 7 heteroatoms.